The zero-order valence-corrected chi connectivity index (χ0v) is 11.5. The third-order valence-electron chi connectivity index (χ3n) is 2.83. The molecule has 1 saturated heterocycles. The van der Waals surface area contributed by atoms with Crippen LogP contribution in [0, 0.1) is 6.92 Å². The lowest BCUT2D eigenvalue weighted by molar-refractivity contribution is -0.126. The average Bonchev–Trinajstić information content (AvgIpc) is 2.69. The van der Waals surface area contributed by atoms with E-state index >= 15 is 0 Å². The van der Waals surface area contributed by atoms with Crippen LogP contribution in [0.2, 0.25) is 0 Å². The first-order valence-corrected chi connectivity index (χ1v) is 6.45. The van der Waals surface area contributed by atoms with E-state index in [1.54, 1.807) is 6.07 Å². The van der Waals surface area contributed by atoms with E-state index in [0.717, 1.165) is 28.8 Å². The van der Waals surface area contributed by atoms with Crippen LogP contribution in [0.4, 0.5) is 5.69 Å². The standard InChI is InChI=1S/C12H15BrN2O2/c1-7-3-5-10(17-7)12(16)15-9-4-6-11(13)14-8(9)2/h4,6-7,10H,3,5H2,1-2H3,(H,15,16). The number of halogens is 1. The first kappa shape index (κ1) is 12.5. The first-order chi connectivity index (χ1) is 8.06. The molecule has 2 heterocycles. The number of hydrogen-bond donors (Lipinski definition) is 1. The van der Waals surface area contributed by atoms with Crippen LogP contribution in [-0.2, 0) is 9.53 Å². The smallest absolute Gasteiger partial charge is 0.253 e. The van der Waals surface area contributed by atoms with Gasteiger partial charge in [-0.15, -0.1) is 0 Å². The van der Waals surface area contributed by atoms with E-state index in [9.17, 15) is 4.79 Å². The van der Waals surface area contributed by atoms with Gasteiger partial charge in [0.05, 0.1) is 17.5 Å². The number of pyridine rings is 1. The van der Waals surface area contributed by atoms with Crippen LogP contribution >= 0.6 is 15.9 Å². The maximum Gasteiger partial charge on any atom is 0.253 e. The highest BCUT2D eigenvalue weighted by atomic mass is 79.9. The highest BCUT2D eigenvalue weighted by Crippen LogP contribution is 2.22. The molecule has 17 heavy (non-hydrogen) atoms. The lowest BCUT2D eigenvalue weighted by Gasteiger charge is -2.13. The first-order valence-electron chi connectivity index (χ1n) is 5.65. The van der Waals surface area contributed by atoms with Crippen molar-refractivity contribution in [3.05, 3.63) is 22.4 Å². The number of carbonyl (C=O) groups is 1. The molecule has 0 radical (unpaired) electrons. The SMILES string of the molecule is Cc1nc(Br)ccc1NC(=O)C1CCC(C)O1. The molecule has 0 bridgehead atoms. The molecular formula is C12H15BrN2O2. The Morgan fingerprint density at radius 3 is 2.88 bits per heavy atom. The molecule has 4 nitrogen and oxygen atoms in total. The minimum atomic E-state index is -0.326. The second-order valence-corrected chi connectivity index (χ2v) is 5.08. The molecule has 1 N–H and O–H groups in total. The number of nitrogens with one attached hydrogen (secondary N) is 1. The summed E-state index contributed by atoms with van der Waals surface area (Å²) in [6.07, 6.45) is 1.58. The van der Waals surface area contributed by atoms with Crippen molar-refractivity contribution in [3.8, 4) is 0 Å². The second kappa shape index (κ2) is 5.14. The van der Waals surface area contributed by atoms with Gasteiger partial charge in [-0.25, -0.2) is 4.98 Å². The molecule has 1 aromatic rings. The summed E-state index contributed by atoms with van der Waals surface area (Å²) < 4.78 is 6.28. The van der Waals surface area contributed by atoms with Crippen LogP contribution in [0.15, 0.2) is 16.7 Å². The van der Waals surface area contributed by atoms with E-state index in [1.807, 2.05) is 19.9 Å². The van der Waals surface area contributed by atoms with Crippen LogP contribution in [0.5, 0.6) is 0 Å². The Morgan fingerprint density at radius 2 is 2.29 bits per heavy atom. The Hall–Kier alpha value is -0.940. The molecule has 2 atom stereocenters. The fraction of sp³-hybridized carbons (Fsp3) is 0.500. The van der Waals surface area contributed by atoms with Crippen molar-refractivity contribution < 1.29 is 9.53 Å². The number of amides is 1. The Kier molecular flexibility index (Phi) is 3.79. The monoisotopic (exact) mass is 298 g/mol. The summed E-state index contributed by atoms with van der Waals surface area (Å²) in [7, 11) is 0. The van der Waals surface area contributed by atoms with Crippen LogP contribution < -0.4 is 5.32 Å². The number of aromatic nitrogens is 1. The number of aryl methyl sites for hydroxylation is 1. The molecule has 1 aliphatic rings. The molecule has 1 fully saturated rings. The lowest BCUT2D eigenvalue weighted by Crippen LogP contribution is -2.28. The summed E-state index contributed by atoms with van der Waals surface area (Å²) in [6.45, 7) is 3.85. The van der Waals surface area contributed by atoms with Gasteiger partial charge in [-0.1, -0.05) is 0 Å². The van der Waals surface area contributed by atoms with Crippen LogP contribution in [0.3, 0.4) is 0 Å². The van der Waals surface area contributed by atoms with Gasteiger partial charge in [0.15, 0.2) is 0 Å². The Bertz CT molecular complexity index is 437. The molecule has 0 saturated carbocycles. The van der Waals surface area contributed by atoms with Crippen LogP contribution in [0.1, 0.15) is 25.5 Å². The highest BCUT2D eigenvalue weighted by molar-refractivity contribution is 9.10. The molecule has 1 aromatic heterocycles. The third kappa shape index (κ3) is 3.04. The zero-order valence-electron chi connectivity index (χ0n) is 9.87. The molecular weight excluding hydrogens is 284 g/mol. The average molecular weight is 299 g/mol. The maximum atomic E-state index is 11.9. The van der Waals surface area contributed by atoms with Gasteiger partial charge in [-0.05, 0) is 54.8 Å². The summed E-state index contributed by atoms with van der Waals surface area (Å²) in [4.78, 5) is 16.2. The number of ether oxygens (including phenoxy) is 1. The Morgan fingerprint density at radius 1 is 1.53 bits per heavy atom. The van der Waals surface area contributed by atoms with Crippen molar-refractivity contribution >= 4 is 27.5 Å². The van der Waals surface area contributed by atoms with E-state index in [1.165, 1.54) is 0 Å². The number of anilines is 1. The summed E-state index contributed by atoms with van der Waals surface area (Å²) in [5.74, 6) is -0.0819. The summed E-state index contributed by atoms with van der Waals surface area (Å²) in [6, 6.07) is 3.64. The number of hydrogen-bond acceptors (Lipinski definition) is 3. The van der Waals surface area contributed by atoms with Gasteiger partial charge in [-0.3, -0.25) is 4.79 Å². The molecule has 1 aliphatic heterocycles. The predicted molar refractivity (Wildman–Crippen MR) is 68.9 cm³/mol. The van der Waals surface area contributed by atoms with Gasteiger partial charge in [0.2, 0.25) is 0 Å². The largest absolute Gasteiger partial charge is 0.365 e. The lowest BCUT2D eigenvalue weighted by atomic mass is 10.2. The number of nitrogens with zero attached hydrogens (tertiary/aromatic N) is 1. The van der Waals surface area contributed by atoms with Crippen molar-refractivity contribution in [1.82, 2.24) is 4.98 Å². The molecule has 0 spiro atoms. The van der Waals surface area contributed by atoms with Gasteiger partial charge < -0.3 is 10.1 Å². The summed E-state index contributed by atoms with van der Waals surface area (Å²) >= 11 is 3.29. The molecule has 2 unspecified atom stereocenters. The molecule has 0 aromatic carbocycles. The topological polar surface area (TPSA) is 51.2 Å². The third-order valence-corrected chi connectivity index (χ3v) is 3.28. The van der Waals surface area contributed by atoms with Crippen molar-refractivity contribution in [2.45, 2.75) is 38.9 Å². The Labute approximate surface area is 109 Å². The van der Waals surface area contributed by atoms with Crippen molar-refractivity contribution in [1.29, 1.82) is 0 Å². The van der Waals surface area contributed by atoms with E-state index in [-0.39, 0.29) is 18.1 Å². The Balaban J connectivity index is 2.03. The predicted octanol–water partition coefficient (Wildman–Crippen LogP) is 2.66. The quantitative estimate of drug-likeness (QED) is 0.854. The molecule has 2 rings (SSSR count). The van der Waals surface area contributed by atoms with E-state index in [2.05, 4.69) is 26.2 Å². The number of rotatable bonds is 2. The number of carbonyl (C=O) groups excluding carboxylic acids is 1. The maximum absolute atomic E-state index is 11.9. The molecule has 92 valence electrons. The van der Waals surface area contributed by atoms with Crippen molar-refractivity contribution in [3.63, 3.8) is 0 Å². The zero-order chi connectivity index (χ0) is 12.4. The van der Waals surface area contributed by atoms with Gasteiger partial charge in [0, 0.05) is 0 Å². The summed E-state index contributed by atoms with van der Waals surface area (Å²) in [5, 5.41) is 2.85. The van der Waals surface area contributed by atoms with Crippen LogP contribution in [0.25, 0.3) is 0 Å². The summed E-state index contributed by atoms with van der Waals surface area (Å²) in [5.41, 5.74) is 1.53. The van der Waals surface area contributed by atoms with Crippen LogP contribution in [-0.4, -0.2) is 23.1 Å². The normalized spacial score (nSPS) is 23.7. The van der Waals surface area contributed by atoms with E-state index < -0.39 is 0 Å². The fourth-order valence-electron chi connectivity index (χ4n) is 1.87. The van der Waals surface area contributed by atoms with Crippen molar-refractivity contribution in [2.24, 2.45) is 0 Å². The van der Waals surface area contributed by atoms with E-state index in [0.29, 0.717) is 0 Å². The van der Waals surface area contributed by atoms with Gasteiger partial charge in [0.25, 0.3) is 5.91 Å². The highest BCUT2D eigenvalue weighted by Gasteiger charge is 2.28. The van der Waals surface area contributed by atoms with E-state index in [4.69, 9.17) is 4.74 Å². The van der Waals surface area contributed by atoms with Gasteiger partial charge >= 0.3 is 0 Å². The second-order valence-electron chi connectivity index (χ2n) is 4.27. The molecule has 1 amide bonds. The molecule has 5 heteroatoms. The van der Waals surface area contributed by atoms with Crippen molar-refractivity contribution in [2.75, 3.05) is 5.32 Å². The minimum absolute atomic E-state index is 0.0819. The van der Waals surface area contributed by atoms with Gasteiger partial charge in [-0.2, -0.15) is 0 Å². The van der Waals surface area contributed by atoms with Gasteiger partial charge in [0.1, 0.15) is 10.7 Å². The minimum Gasteiger partial charge on any atom is -0.365 e. The molecule has 0 aliphatic carbocycles. The fourth-order valence-corrected chi connectivity index (χ4v) is 2.27.